The number of pyridine rings is 1. The average Bonchev–Trinajstić information content (AvgIpc) is 3.24. The minimum Gasteiger partial charge on any atom is -0.619 e. The van der Waals surface area contributed by atoms with E-state index in [1.165, 1.54) is 24.0 Å². The number of nitrogens with zero attached hydrogens (tertiary/aromatic N) is 4. The molecule has 1 fully saturated rings. The molecule has 204 valence electrons. The summed E-state index contributed by atoms with van der Waals surface area (Å²) in [7, 11) is 0. The Kier molecular flexibility index (Phi) is 7.37. The molecule has 0 radical (unpaired) electrons. The highest BCUT2D eigenvalue weighted by molar-refractivity contribution is 5.93. The zero-order valence-electron chi connectivity index (χ0n) is 19.9. The van der Waals surface area contributed by atoms with E-state index in [-0.39, 0.29) is 24.2 Å². The molecule has 4 rings (SSSR count). The second-order valence-electron chi connectivity index (χ2n) is 9.03. The summed E-state index contributed by atoms with van der Waals surface area (Å²) in [5.74, 6) is -9.03. The standard InChI is InChI=1S/C24H22F7N5O2/c1-14(34-9-6-23(27,28)18(12-34)15-4-7-36(38)8-5-15)21(37)32-20-13-35(22(33-20)24(29,30)31)11-16-2-3-17(25)10-19(16)26/h2-5,7-8,10,13-14,18H,6,9,11-12H2,1H3,(H,32,37)/t14-,18+/m0/s1. The van der Waals surface area contributed by atoms with E-state index in [4.69, 9.17) is 0 Å². The van der Waals surface area contributed by atoms with Crippen LogP contribution < -0.4 is 10.0 Å². The van der Waals surface area contributed by atoms with Crippen LogP contribution in [0.1, 0.15) is 36.2 Å². The van der Waals surface area contributed by atoms with Gasteiger partial charge in [-0.05, 0) is 18.6 Å². The van der Waals surface area contributed by atoms with Gasteiger partial charge in [0.25, 0.3) is 5.92 Å². The third kappa shape index (κ3) is 5.90. The van der Waals surface area contributed by atoms with Crippen LogP contribution in [0.3, 0.4) is 0 Å². The maximum atomic E-state index is 14.6. The lowest BCUT2D eigenvalue weighted by molar-refractivity contribution is -0.605. The van der Waals surface area contributed by atoms with Gasteiger partial charge < -0.3 is 15.1 Å². The Labute approximate surface area is 212 Å². The van der Waals surface area contributed by atoms with Gasteiger partial charge in [-0.3, -0.25) is 9.69 Å². The van der Waals surface area contributed by atoms with Gasteiger partial charge >= 0.3 is 6.18 Å². The van der Waals surface area contributed by atoms with Crippen LogP contribution in [-0.2, 0) is 17.5 Å². The van der Waals surface area contributed by atoms with Crippen LogP contribution in [0.15, 0.2) is 48.9 Å². The van der Waals surface area contributed by atoms with Crippen molar-refractivity contribution in [3.8, 4) is 0 Å². The largest absolute Gasteiger partial charge is 0.619 e. The minimum atomic E-state index is -4.95. The predicted molar refractivity (Wildman–Crippen MR) is 120 cm³/mol. The van der Waals surface area contributed by atoms with Crippen LogP contribution in [0, 0.1) is 16.8 Å². The molecule has 14 heteroatoms. The molecule has 1 aliphatic heterocycles. The van der Waals surface area contributed by atoms with Gasteiger partial charge in [-0.1, -0.05) is 6.07 Å². The fraction of sp³-hybridized carbons (Fsp3) is 0.375. The first-order valence-corrected chi connectivity index (χ1v) is 11.4. The van der Waals surface area contributed by atoms with E-state index in [9.17, 15) is 40.7 Å². The van der Waals surface area contributed by atoms with Crippen molar-refractivity contribution in [2.24, 2.45) is 0 Å². The number of aromatic nitrogens is 3. The minimum absolute atomic E-state index is 0.154. The molecule has 1 amide bonds. The molecule has 2 atom stereocenters. The molecule has 3 heterocycles. The van der Waals surface area contributed by atoms with Gasteiger partial charge in [-0.2, -0.15) is 17.9 Å². The smallest absolute Gasteiger partial charge is 0.449 e. The van der Waals surface area contributed by atoms with E-state index < -0.39 is 66.2 Å². The number of hydrogen-bond donors (Lipinski definition) is 1. The van der Waals surface area contributed by atoms with Gasteiger partial charge in [0.1, 0.15) is 11.6 Å². The molecular formula is C24H22F7N5O2. The number of amides is 1. The van der Waals surface area contributed by atoms with E-state index in [2.05, 4.69) is 10.3 Å². The first-order chi connectivity index (χ1) is 17.7. The highest BCUT2D eigenvalue weighted by Gasteiger charge is 2.46. The zero-order valence-corrected chi connectivity index (χ0v) is 19.9. The molecule has 38 heavy (non-hydrogen) atoms. The number of likely N-dealkylation sites (tertiary alicyclic amines) is 1. The Morgan fingerprint density at radius 1 is 1.24 bits per heavy atom. The van der Waals surface area contributed by atoms with Crippen molar-refractivity contribution in [2.45, 2.75) is 43.9 Å². The topological polar surface area (TPSA) is 77.1 Å². The highest BCUT2D eigenvalue weighted by Crippen LogP contribution is 2.40. The van der Waals surface area contributed by atoms with Gasteiger partial charge in [-0.25, -0.2) is 22.5 Å². The second-order valence-corrected chi connectivity index (χ2v) is 9.03. The van der Waals surface area contributed by atoms with E-state index in [0.29, 0.717) is 15.4 Å². The van der Waals surface area contributed by atoms with Crippen LogP contribution in [0.5, 0.6) is 0 Å². The van der Waals surface area contributed by atoms with Gasteiger partial charge in [0.2, 0.25) is 11.7 Å². The Morgan fingerprint density at radius 3 is 2.55 bits per heavy atom. The number of halogens is 7. The molecule has 1 aliphatic rings. The average molecular weight is 545 g/mol. The zero-order chi connectivity index (χ0) is 27.8. The quantitative estimate of drug-likeness (QED) is 0.285. The number of imidazole rings is 1. The molecule has 0 saturated carbocycles. The Balaban J connectivity index is 1.51. The number of piperidine rings is 1. The van der Waals surface area contributed by atoms with E-state index >= 15 is 0 Å². The van der Waals surface area contributed by atoms with Crippen molar-refractivity contribution >= 4 is 11.7 Å². The molecule has 0 spiro atoms. The maximum Gasteiger partial charge on any atom is 0.449 e. The fourth-order valence-corrected chi connectivity index (χ4v) is 4.34. The lowest BCUT2D eigenvalue weighted by Gasteiger charge is -2.40. The lowest BCUT2D eigenvalue weighted by Crippen LogP contribution is -2.52. The van der Waals surface area contributed by atoms with Crippen LogP contribution >= 0.6 is 0 Å². The van der Waals surface area contributed by atoms with E-state index in [1.54, 1.807) is 0 Å². The molecule has 0 aliphatic carbocycles. The summed E-state index contributed by atoms with van der Waals surface area (Å²) >= 11 is 0. The number of benzene rings is 1. The Bertz CT molecular complexity index is 1310. The van der Waals surface area contributed by atoms with Gasteiger partial charge in [-0.15, -0.1) is 0 Å². The maximum absolute atomic E-state index is 14.6. The van der Waals surface area contributed by atoms with Crippen molar-refractivity contribution in [1.82, 2.24) is 14.5 Å². The predicted octanol–water partition coefficient (Wildman–Crippen LogP) is 4.31. The Morgan fingerprint density at radius 2 is 1.92 bits per heavy atom. The molecule has 1 aromatic carbocycles. The normalized spacial score (nSPS) is 18.8. The van der Waals surface area contributed by atoms with Crippen LogP contribution in [0.25, 0.3) is 0 Å². The number of rotatable bonds is 6. The monoisotopic (exact) mass is 545 g/mol. The van der Waals surface area contributed by atoms with Crippen LogP contribution in [0.4, 0.5) is 36.6 Å². The van der Waals surface area contributed by atoms with Crippen molar-refractivity contribution < 1.29 is 40.3 Å². The third-order valence-electron chi connectivity index (χ3n) is 6.45. The number of alkyl halides is 5. The van der Waals surface area contributed by atoms with Crippen molar-refractivity contribution in [1.29, 1.82) is 0 Å². The van der Waals surface area contributed by atoms with Crippen LogP contribution in [-0.4, -0.2) is 45.4 Å². The first-order valence-electron chi connectivity index (χ1n) is 11.4. The molecular weight excluding hydrogens is 523 g/mol. The number of nitrogens with one attached hydrogen (secondary N) is 1. The first kappa shape index (κ1) is 27.4. The molecule has 0 unspecified atom stereocenters. The summed E-state index contributed by atoms with van der Waals surface area (Å²) in [5, 5.41) is 13.5. The SMILES string of the molecule is C[C@@H](C(=O)Nc1cn(Cc2ccc(F)cc2F)c(C(F)(F)F)n1)N1CCC(F)(F)[C@@H](c2cc[n+]([O-])cc2)C1. The fourth-order valence-electron chi connectivity index (χ4n) is 4.34. The summed E-state index contributed by atoms with van der Waals surface area (Å²) < 4.78 is 98.2. The van der Waals surface area contributed by atoms with Crippen molar-refractivity contribution in [2.75, 3.05) is 18.4 Å². The summed E-state index contributed by atoms with van der Waals surface area (Å²) in [6.45, 7) is 0.389. The number of hydrogen-bond acceptors (Lipinski definition) is 4. The molecule has 3 aromatic rings. The van der Waals surface area contributed by atoms with Gasteiger partial charge in [0.05, 0.1) is 18.5 Å². The van der Waals surface area contributed by atoms with Crippen LogP contribution in [0.2, 0.25) is 0 Å². The summed E-state index contributed by atoms with van der Waals surface area (Å²) in [6.07, 6.45) is -2.47. The van der Waals surface area contributed by atoms with Crippen molar-refractivity contribution in [3.05, 3.63) is 82.7 Å². The second kappa shape index (κ2) is 10.2. The summed E-state index contributed by atoms with van der Waals surface area (Å²) in [5.41, 5.74) is -0.0229. The number of carbonyl (C=O) groups is 1. The third-order valence-corrected chi connectivity index (χ3v) is 6.45. The highest BCUT2D eigenvalue weighted by atomic mass is 19.4. The lowest BCUT2D eigenvalue weighted by atomic mass is 9.87. The molecule has 0 bridgehead atoms. The summed E-state index contributed by atoms with van der Waals surface area (Å²) in [4.78, 5) is 17.8. The van der Waals surface area contributed by atoms with Crippen molar-refractivity contribution in [3.63, 3.8) is 0 Å². The number of carbonyl (C=O) groups excluding carboxylic acids is 1. The van der Waals surface area contributed by atoms with Gasteiger partial charge in [0, 0.05) is 49.5 Å². The molecule has 7 nitrogen and oxygen atoms in total. The summed E-state index contributed by atoms with van der Waals surface area (Å²) in [6, 6.07) is 3.96. The van der Waals surface area contributed by atoms with E-state index in [1.807, 2.05) is 0 Å². The molecule has 1 N–H and O–H groups in total. The Hall–Kier alpha value is -3.68. The number of anilines is 1. The molecule has 2 aromatic heterocycles. The molecule has 1 saturated heterocycles. The van der Waals surface area contributed by atoms with E-state index in [0.717, 1.165) is 30.7 Å². The van der Waals surface area contributed by atoms with Gasteiger partial charge in [0.15, 0.2) is 18.2 Å².